The van der Waals surface area contributed by atoms with Gasteiger partial charge in [-0.2, -0.15) is 0 Å². The van der Waals surface area contributed by atoms with Crippen molar-refractivity contribution in [1.29, 1.82) is 0 Å². The molecular weight excluding hydrogens is 244 g/mol. The van der Waals surface area contributed by atoms with Gasteiger partial charge < -0.3 is 4.74 Å². The van der Waals surface area contributed by atoms with Gasteiger partial charge in [0.15, 0.2) is 5.60 Å². The maximum atomic E-state index is 6.10. The lowest BCUT2D eigenvalue weighted by atomic mass is 9.86. The Kier molecular flexibility index (Phi) is 4.76. The van der Waals surface area contributed by atoms with Crippen LogP contribution in [0, 0.1) is 11.8 Å². The van der Waals surface area contributed by atoms with E-state index in [1.54, 1.807) is 6.08 Å². The van der Waals surface area contributed by atoms with Crippen molar-refractivity contribution in [2.75, 3.05) is 6.61 Å². The lowest BCUT2D eigenvalue weighted by molar-refractivity contribution is 0.0466. The van der Waals surface area contributed by atoms with E-state index in [4.69, 9.17) is 4.74 Å². The van der Waals surface area contributed by atoms with Crippen LogP contribution >= 0.6 is 0 Å². The number of hydrogen-bond acceptors (Lipinski definition) is 1. The van der Waals surface area contributed by atoms with Gasteiger partial charge in [0.1, 0.15) is 0 Å². The second kappa shape index (κ2) is 6.75. The van der Waals surface area contributed by atoms with Crippen molar-refractivity contribution < 1.29 is 4.74 Å². The van der Waals surface area contributed by atoms with E-state index < -0.39 is 5.60 Å². The molecule has 2 aromatic rings. The average molecular weight is 262 g/mol. The Balaban J connectivity index is 2.61. The van der Waals surface area contributed by atoms with Crippen molar-refractivity contribution in [1.82, 2.24) is 0 Å². The molecule has 0 amide bonds. The lowest BCUT2D eigenvalue weighted by Gasteiger charge is -2.29. The molecule has 0 atom stereocenters. The highest BCUT2D eigenvalue weighted by Gasteiger charge is 2.33. The normalized spacial score (nSPS) is 10.4. The summed E-state index contributed by atoms with van der Waals surface area (Å²) in [5, 5.41) is 0. The predicted molar refractivity (Wildman–Crippen MR) is 83.3 cm³/mol. The van der Waals surface area contributed by atoms with Crippen LogP contribution in [0.15, 0.2) is 73.3 Å². The molecule has 0 saturated carbocycles. The molecule has 0 radical (unpaired) electrons. The third-order valence-electron chi connectivity index (χ3n) is 3.08. The van der Waals surface area contributed by atoms with E-state index >= 15 is 0 Å². The SMILES string of the molecule is C=CCOC(C#CC)(c1ccccc1)c1ccccc1. The molecule has 1 heteroatoms. The third kappa shape index (κ3) is 2.82. The van der Waals surface area contributed by atoms with Gasteiger partial charge in [-0.1, -0.05) is 72.7 Å². The molecular formula is C19H18O. The summed E-state index contributed by atoms with van der Waals surface area (Å²) in [7, 11) is 0. The number of benzene rings is 2. The summed E-state index contributed by atoms with van der Waals surface area (Å²) in [5.74, 6) is 6.25. The second-order valence-electron chi connectivity index (χ2n) is 4.39. The standard InChI is InChI=1S/C19H18O/c1-3-15-19(20-16-4-2,17-11-7-5-8-12-17)18-13-9-6-10-14-18/h4-14H,2,16H2,1H3. The van der Waals surface area contributed by atoms with Crippen LogP contribution in [0.1, 0.15) is 18.1 Å². The first-order valence-corrected chi connectivity index (χ1v) is 6.63. The topological polar surface area (TPSA) is 9.23 Å². The average Bonchev–Trinajstić information content (AvgIpc) is 2.53. The van der Waals surface area contributed by atoms with Crippen molar-refractivity contribution in [3.63, 3.8) is 0 Å². The lowest BCUT2D eigenvalue weighted by Crippen LogP contribution is -2.30. The molecule has 2 rings (SSSR count). The summed E-state index contributed by atoms with van der Waals surface area (Å²) in [4.78, 5) is 0. The number of hydrogen-bond donors (Lipinski definition) is 0. The predicted octanol–water partition coefficient (Wildman–Crippen LogP) is 4.16. The Hall–Kier alpha value is -2.30. The van der Waals surface area contributed by atoms with Crippen LogP contribution in [0.5, 0.6) is 0 Å². The highest BCUT2D eigenvalue weighted by atomic mass is 16.5. The fraction of sp³-hybridized carbons (Fsp3) is 0.158. The van der Waals surface area contributed by atoms with Gasteiger partial charge in [0.05, 0.1) is 6.61 Å². The van der Waals surface area contributed by atoms with Crippen LogP contribution in [0.3, 0.4) is 0 Å². The Bertz CT molecular complexity index is 563. The Morgan fingerprint density at radius 1 is 1.00 bits per heavy atom. The van der Waals surface area contributed by atoms with Gasteiger partial charge >= 0.3 is 0 Å². The zero-order valence-corrected chi connectivity index (χ0v) is 11.7. The Morgan fingerprint density at radius 3 is 1.90 bits per heavy atom. The highest BCUT2D eigenvalue weighted by molar-refractivity contribution is 5.44. The minimum absolute atomic E-state index is 0.443. The van der Waals surface area contributed by atoms with Crippen molar-refractivity contribution in [2.45, 2.75) is 12.5 Å². The molecule has 0 spiro atoms. The van der Waals surface area contributed by atoms with E-state index in [0.717, 1.165) is 11.1 Å². The summed E-state index contributed by atoms with van der Waals surface area (Å²) >= 11 is 0. The number of ether oxygens (including phenoxy) is 1. The minimum Gasteiger partial charge on any atom is -0.350 e. The summed E-state index contributed by atoms with van der Waals surface area (Å²) < 4.78 is 6.10. The zero-order valence-electron chi connectivity index (χ0n) is 11.7. The fourth-order valence-electron chi connectivity index (χ4n) is 2.22. The largest absolute Gasteiger partial charge is 0.350 e. The smallest absolute Gasteiger partial charge is 0.180 e. The Labute approximate surface area is 120 Å². The van der Waals surface area contributed by atoms with Gasteiger partial charge in [-0.25, -0.2) is 0 Å². The van der Waals surface area contributed by atoms with Crippen molar-refractivity contribution in [3.05, 3.63) is 84.4 Å². The number of rotatable bonds is 5. The molecule has 1 nitrogen and oxygen atoms in total. The van der Waals surface area contributed by atoms with Crippen LogP contribution < -0.4 is 0 Å². The molecule has 0 unspecified atom stereocenters. The fourth-order valence-corrected chi connectivity index (χ4v) is 2.22. The summed E-state index contributed by atoms with van der Waals surface area (Å²) in [6, 6.07) is 20.2. The summed E-state index contributed by atoms with van der Waals surface area (Å²) in [6.45, 7) is 6.01. The van der Waals surface area contributed by atoms with Crippen LogP contribution in [0.4, 0.5) is 0 Å². The van der Waals surface area contributed by atoms with Crippen molar-refractivity contribution >= 4 is 0 Å². The van der Waals surface area contributed by atoms with Crippen molar-refractivity contribution in [3.8, 4) is 11.8 Å². The maximum Gasteiger partial charge on any atom is 0.180 e. The van der Waals surface area contributed by atoms with E-state index in [-0.39, 0.29) is 0 Å². The molecule has 2 aromatic carbocycles. The van der Waals surface area contributed by atoms with Gasteiger partial charge in [0, 0.05) is 11.1 Å². The first-order valence-electron chi connectivity index (χ1n) is 6.63. The maximum absolute atomic E-state index is 6.10. The van der Waals surface area contributed by atoms with Crippen LogP contribution in [0.25, 0.3) is 0 Å². The van der Waals surface area contributed by atoms with Gasteiger partial charge in [-0.15, -0.1) is 12.5 Å². The zero-order chi connectivity index (χ0) is 14.3. The third-order valence-corrected chi connectivity index (χ3v) is 3.08. The Morgan fingerprint density at radius 2 is 1.50 bits per heavy atom. The highest BCUT2D eigenvalue weighted by Crippen LogP contribution is 2.33. The quantitative estimate of drug-likeness (QED) is 0.581. The van der Waals surface area contributed by atoms with Gasteiger partial charge in [-0.3, -0.25) is 0 Å². The minimum atomic E-state index is -0.745. The van der Waals surface area contributed by atoms with E-state index in [9.17, 15) is 0 Å². The second-order valence-corrected chi connectivity index (χ2v) is 4.39. The molecule has 0 bridgehead atoms. The molecule has 0 N–H and O–H groups in total. The van der Waals surface area contributed by atoms with E-state index in [1.807, 2.05) is 67.6 Å². The van der Waals surface area contributed by atoms with Crippen molar-refractivity contribution in [2.24, 2.45) is 0 Å². The molecule has 0 aliphatic rings. The first-order chi connectivity index (χ1) is 9.83. The van der Waals surface area contributed by atoms with Gasteiger partial charge in [0.25, 0.3) is 0 Å². The molecule has 20 heavy (non-hydrogen) atoms. The molecule has 0 fully saturated rings. The molecule has 0 aromatic heterocycles. The van der Waals surface area contributed by atoms with E-state index in [2.05, 4.69) is 18.4 Å². The molecule has 0 aliphatic heterocycles. The monoisotopic (exact) mass is 262 g/mol. The first kappa shape index (κ1) is 14.1. The molecule has 100 valence electrons. The van der Waals surface area contributed by atoms with E-state index in [1.165, 1.54) is 0 Å². The van der Waals surface area contributed by atoms with Gasteiger partial charge in [-0.05, 0) is 6.92 Å². The molecule has 0 saturated heterocycles. The molecule has 0 aliphatic carbocycles. The summed E-state index contributed by atoms with van der Waals surface area (Å²) in [6.07, 6.45) is 1.75. The summed E-state index contributed by atoms with van der Waals surface area (Å²) in [5.41, 5.74) is 1.32. The van der Waals surface area contributed by atoms with Crippen LogP contribution in [-0.2, 0) is 10.3 Å². The molecule has 0 heterocycles. The van der Waals surface area contributed by atoms with E-state index in [0.29, 0.717) is 6.61 Å². The van der Waals surface area contributed by atoms with Crippen LogP contribution in [0.2, 0.25) is 0 Å². The van der Waals surface area contributed by atoms with Crippen LogP contribution in [-0.4, -0.2) is 6.61 Å². The van der Waals surface area contributed by atoms with Gasteiger partial charge in [0.2, 0.25) is 0 Å².